The number of nitrogens with zero attached hydrogens (tertiary/aromatic N) is 3. The van der Waals surface area contributed by atoms with Crippen molar-refractivity contribution < 1.29 is 9.53 Å². The Labute approximate surface area is 129 Å². The lowest BCUT2D eigenvalue weighted by molar-refractivity contribution is -0.127. The molecule has 0 aliphatic carbocycles. The fourth-order valence-corrected chi connectivity index (χ4v) is 2.62. The van der Waals surface area contributed by atoms with Gasteiger partial charge in [-0.2, -0.15) is 0 Å². The summed E-state index contributed by atoms with van der Waals surface area (Å²) < 4.78 is 7.29. The number of pyridine rings is 1. The van der Waals surface area contributed by atoms with Crippen molar-refractivity contribution in [2.24, 2.45) is 5.92 Å². The van der Waals surface area contributed by atoms with E-state index in [2.05, 4.69) is 15.3 Å². The highest BCUT2D eigenvalue weighted by Crippen LogP contribution is 2.15. The van der Waals surface area contributed by atoms with Gasteiger partial charge in [0, 0.05) is 50.8 Å². The Morgan fingerprint density at radius 2 is 2.14 bits per heavy atom. The van der Waals surface area contributed by atoms with Gasteiger partial charge in [-0.05, 0) is 25.0 Å². The third-order valence-electron chi connectivity index (χ3n) is 3.85. The van der Waals surface area contributed by atoms with Crippen molar-refractivity contribution in [3.8, 4) is 11.5 Å². The van der Waals surface area contributed by atoms with Crippen LogP contribution in [0, 0.1) is 5.92 Å². The molecular formula is C16H20N4O2. The van der Waals surface area contributed by atoms with Gasteiger partial charge in [0.2, 0.25) is 5.91 Å². The Hall–Kier alpha value is -2.21. The van der Waals surface area contributed by atoms with Crippen molar-refractivity contribution in [1.82, 2.24) is 19.9 Å². The van der Waals surface area contributed by atoms with Crippen molar-refractivity contribution in [1.29, 1.82) is 0 Å². The number of rotatable bonds is 5. The highest BCUT2D eigenvalue weighted by Gasteiger charge is 2.21. The Kier molecular flexibility index (Phi) is 4.80. The van der Waals surface area contributed by atoms with Crippen molar-refractivity contribution in [3.05, 3.63) is 36.8 Å². The lowest BCUT2D eigenvalue weighted by Crippen LogP contribution is -2.35. The van der Waals surface area contributed by atoms with Crippen molar-refractivity contribution in [2.45, 2.75) is 19.4 Å². The van der Waals surface area contributed by atoms with Crippen LogP contribution in [0.25, 0.3) is 11.5 Å². The molecule has 0 spiro atoms. The summed E-state index contributed by atoms with van der Waals surface area (Å²) in [5, 5.41) is 3.01. The number of ether oxygens (including phenoxy) is 1. The van der Waals surface area contributed by atoms with Crippen LogP contribution in [0.1, 0.15) is 12.8 Å². The molecule has 1 aliphatic heterocycles. The highest BCUT2D eigenvalue weighted by atomic mass is 16.5. The quantitative estimate of drug-likeness (QED) is 0.908. The van der Waals surface area contributed by atoms with E-state index in [9.17, 15) is 4.79 Å². The van der Waals surface area contributed by atoms with Gasteiger partial charge in [-0.25, -0.2) is 4.98 Å². The molecule has 0 aromatic carbocycles. The van der Waals surface area contributed by atoms with Crippen LogP contribution in [0.5, 0.6) is 0 Å². The number of carbonyl (C=O) groups is 1. The maximum atomic E-state index is 12.1. The molecule has 0 saturated carbocycles. The van der Waals surface area contributed by atoms with Gasteiger partial charge in [0.25, 0.3) is 0 Å². The molecule has 6 heteroatoms. The van der Waals surface area contributed by atoms with Crippen LogP contribution in [0.3, 0.4) is 0 Å². The molecule has 2 aromatic heterocycles. The molecular weight excluding hydrogens is 280 g/mol. The van der Waals surface area contributed by atoms with E-state index in [4.69, 9.17) is 4.74 Å². The molecule has 3 heterocycles. The average Bonchev–Trinajstić information content (AvgIpc) is 3.05. The zero-order chi connectivity index (χ0) is 15.2. The SMILES string of the molecule is O=C(NCCn1ccnc1-c1ccccn1)C1CCOCC1. The summed E-state index contributed by atoms with van der Waals surface area (Å²) in [5.74, 6) is 1.04. The first kappa shape index (κ1) is 14.7. The van der Waals surface area contributed by atoms with Crippen LogP contribution in [0.15, 0.2) is 36.8 Å². The van der Waals surface area contributed by atoms with Gasteiger partial charge in [0.1, 0.15) is 5.69 Å². The zero-order valence-corrected chi connectivity index (χ0v) is 12.4. The first-order valence-electron chi connectivity index (χ1n) is 7.62. The van der Waals surface area contributed by atoms with Crippen LogP contribution < -0.4 is 5.32 Å². The Morgan fingerprint density at radius 1 is 1.27 bits per heavy atom. The molecule has 1 fully saturated rings. The van der Waals surface area contributed by atoms with Gasteiger partial charge in [-0.1, -0.05) is 6.07 Å². The molecule has 1 N–H and O–H groups in total. The Bertz CT molecular complexity index is 606. The van der Waals surface area contributed by atoms with Gasteiger partial charge in [0.15, 0.2) is 5.82 Å². The maximum absolute atomic E-state index is 12.1. The van der Waals surface area contributed by atoms with Gasteiger partial charge in [-0.3, -0.25) is 9.78 Å². The molecule has 2 aromatic rings. The summed E-state index contributed by atoms with van der Waals surface area (Å²) in [4.78, 5) is 20.7. The minimum atomic E-state index is 0.0896. The smallest absolute Gasteiger partial charge is 0.223 e. The van der Waals surface area contributed by atoms with E-state index in [-0.39, 0.29) is 11.8 Å². The fraction of sp³-hybridized carbons (Fsp3) is 0.438. The molecule has 1 amide bonds. The molecule has 0 radical (unpaired) electrons. The topological polar surface area (TPSA) is 69.0 Å². The van der Waals surface area contributed by atoms with Crippen LogP contribution >= 0.6 is 0 Å². The second kappa shape index (κ2) is 7.17. The number of hydrogen-bond donors (Lipinski definition) is 1. The van der Waals surface area contributed by atoms with E-state index in [0.29, 0.717) is 26.3 Å². The number of carbonyl (C=O) groups excluding carboxylic acids is 1. The largest absolute Gasteiger partial charge is 0.381 e. The van der Waals surface area contributed by atoms with Gasteiger partial charge < -0.3 is 14.6 Å². The van der Waals surface area contributed by atoms with E-state index in [1.807, 2.05) is 29.0 Å². The molecule has 0 unspecified atom stereocenters. The van der Waals surface area contributed by atoms with E-state index in [1.54, 1.807) is 12.4 Å². The number of aromatic nitrogens is 3. The van der Waals surface area contributed by atoms with Crippen LogP contribution in [-0.4, -0.2) is 40.2 Å². The predicted octanol–water partition coefficient (Wildman–Crippen LogP) is 1.49. The lowest BCUT2D eigenvalue weighted by Gasteiger charge is -2.21. The molecule has 3 rings (SSSR count). The molecule has 6 nitrogen and oxygen atoms in total. The lowest BCUT2D eigenvalue weighted by atomic mass is 9.99. The maximum Gasteiger partial charge on any atom is 0.223 e. The number of amides is 1. The molecule has 22 heavy (non-hydrogen) atoms. The zero-order valence-electron chi connectivity index (χ0n) is 12.4. The van der Waals surface area contributed by atoms with Gasteiger partial charge >= 0.3 is 0 Å². The van der Waals surface area contributed by atoms with E-state index in [0.717, 1.165) is 24.4 Å². The predicted molar refractivity (Wildman–Crippen MR) is 82.0 cm³/mol. The minimum Gasteiger partial charge on any atom is -0.381 e. The molecule has 0 atom stereocenters. The number of nitrogens with one attached hydrogen (secondary N) is 1. The normalized spacial score (nSPS) is 15.6. The monoisotopic (exact) mass is 300 g/mol. The van der Waals surface area contributed by atoms with Crippen LogP contribution in [-0.2, 0) is 16.1 Å². The fourth-order valence-electron chi connectivity index (χ4n) is 2.62. The van der Waals surface area contributed by atoms with Gasteiger partial charge in [0.05, 0.1) is 0 Å². The van der Waals surface area contributed by atoms with Crippen LogP contribution in [0.4, 0.5) is 0 Å². The van der Waals surface area contributed by atoms with Crippen molar-refractivity contribution in [2.75, 3.05) is 19.8 Å². The first-order chi connectivity index (χ1) is 10.8. The molecule has 1 aliphatic rings. The van der Waals surface area contributed by atoms with Crippen molar-refractivity contribution in [3.63, 3.8) is 0 Å². The molecule has 0 bridgehead atoms. The Balaban J connectivity index is 1.54. The molecule has 116 valence electrons. The summed E-state index contributed by atoms with van der Waals surface area (Å²) in [7, 11) is 0. The summed E-state index contributed by atoms with van der Waals surface area (Å²) in [6.07, 6.45) is 7.04. The first-order valence-corrected chi connectivity index (χ1v) is 7.62. The summed E-state index contributed by atoms with van der Waals surface area (Å²) >= 11 is 0. The van der Waals surface area contributed by atoms with Crippen LogP contribution in [0.2, 0.25) is 0 Å². The summed E-state index contributed by atoms with van der Waals surface area (Å²) in [6, 6.07) is 5.75. The second-order valence-electron chi connectivity index (χ2n) is 5.34. The third-order valence-corrected chi connectivity index (χ3v) is 3.85. The number of hydrogen-bond acceptors (Lipinski definition) is 4. The van der Waals surface area contributed by atoms with E-state index in [1.165, 1.54) is 0 Å². The average molecular weight is 300 g/mol. The van der Waals surface area contributed by atoms with Crippen molar-refractivity contribution >= 4 is 5.91 Å². The Morgan fingerprint density at radius 3 is 2.91 bits per heavy atom. The number of imidazole rings is 1. The third kappa shape index (κ3) is 3.51. The summed E-state index contributed by atoms with van der Waals surface area (Å²) in [5.41, 5.74) is 0.836. The summed E-state index contributed by atoms with van der Waals surface area (Å²) in [6.45, 7) is 2.64. The van der Waals surface area contributed by atoms with Gasteiger partial charge in [-0.15, -0.1) is 0 Å². The molecule has 1 saturated heterocycles. The standard InChI is InChI=1S/C16H20N4O2/c21-16(13-4-11-22-12-5-13)19-8-10-20-9-7-18-15(20)14-3-1-2-6-17-14/h1-3,6-7,9,13H,4-5,8,10-12H2,(H,19,21). The van der Waals surface area contributed by atoms with E-state index >= 15 is 0 Å². The second-order valence-corrected chi connectivity index (χ2v) is 5.34. The minimum absolute atomic E-state index is 0.0896. The highest BCUT2D eigenvalue weighted by molar-refractivity contribution is 5.78. The van der Waals surface area contributed by atoms with E-state index < -0.39 is 0 Å².